The molecular weight excluding hydrogens is 158 g/mol. The van der Waals surface area contributed by atoms with Crippen LogP contribution in [0.15, 0.2) is 0 Å². The molecule has 0 aromatic rings. The van der Waals surface area contributed by atoms with Gasteiger partial charge in [0, 0.05) is 0 Å². The van der Waals surface area contributed by atoms with Gasteiger partial charge in [-0.25, -0.2) is 0 Å². The second-order valence-electron chi connectivity index (χ2n) is 2.34. The van der Waals surface area contributed by atoms with Crippen LogP contribution in [0.1, 0.15) is 6.42 Å². The number of carbonyl (C=O) groups excluding carboxylic acids is 2. The van der Waals surface area contributed by atoms with Crippen LogP contribution in [0.2, 0.25) is 0 Å². The Kier molecular flexibility index (Phi) is 1.54. The minimum Gasteiger partial charge on any atom is -0.368 e. The zero-order chi connectivity index (χ0) is 8.65. The SMILES string of the molecule is NC(=O)C1CC(F)(F)C(=O)N1. The molecule has 1 fully saturated rings. The van der Waals surface area contributed by atoms with E-state index in [2.05, 4.69) is 0 Å². The number of rotatable bonds is 1. The number of hydrogen-bond donors (Lipinski definition) is 2. The van der Waals surface area contributed by atoms with Crippen LogP contribution in [0.4, 0.5) is 8.78 Å². The Bertz CT molecular complexity index is 217. The summed E-state index contributed by atoms with van der Waals surface area (Å²) in [5.41, 5.74) is 4.69. The largest absolute Gasteiger partial charge is 0.368 e. The van der Waals surface area contributed by atoms with E-state index in [1.165, 1.54) is 0 Å². The monoisotopic (exact) mass is 164 g/mol. The molecule has 1 atom stereocenters. The molecule has 3 N–H and O–H groups in total. The van der Waals surface area contributed by atoms with Gasteiger partial charge in [-0.05, 0) is 0 Å². The van der Waals surface area contributed by atoms with Crippen molar-refractivity contribution in [1.82, 2.24) is 5.32 Å². The fourth-order valence-electron chi connectivity index (χ4n) is 0.836. The summed E-state index contributed by atoms with van der Waals surface area (Å²) in [6.45, 7) is 0. The summed E-state index contributed by atoms with van der Waals surface area (Å²) in [4.78, 5) is 20.7. The molecule has 1 saturated heterocycles. The van der Waals surface area contributed by atoms with E-state index in [-0.39, 0.29) is 0 Å². The van der Waals surface area contributed by atoms with Crippen molar-refractivity contribution in [2.45, 2.75) is 18.4 Å². The lowest BCUT2D eigenvalue weighted by Crippen LogP contribution is -2.38. The Morgan fingerprint density at radius 2 is 2.27 bits per heavy atom. The Balaban J connectivity index is 2.72. The van der Waals surface area contributed by atoms with Crippen molar-refractivity contribution in [3.8, 4) is 0 Å². The molecule has 0 aromatic heterocycles. The number of amides is 2. The Morgan fingerprint density at radius 3 is 2.45 bits per heavy atom. The zero-order valence-electron chi connectivity index (χ0n) is 5.43. The molecule has 4 nitrogen and oxygen atoms in total. The summed E-state index contributed by atoms with van der Waals surface area (Å²) < 4.78 is 24.7. The third-order valence-electron chi connectivity index (χ3n) is 1.44. The Morgan fingerprint density at radius 1 is 1.73 bits per heavy atom. The summed E-state index contributed by atoms with van der Waals surface area (Å²) in [5.74, 6) is -5.81. The third kappa shape index (κ3) is 1.28. The molecule has 1 unspecified atom stereocenters. The van der Waals surface area contributed by atoms with Crippen molar-refractivity contribution < 1.29 is 18.4 Å². The van der Waals surface area contributed by atoms with Crippen molar-refractivity contribution in [3.05, 3.63) is 0 Å². The van der Waals surface area contributed by atoms with Gasteiger partial charge >= 0.3 is 5.92 Å². The van der Waals surface area contributed by atoms with Gasteiger partial charge in [-0.2, -0.15) is 8.78 Å². The number of halogens is 2. The van der Waals surface area contributed by atoms with E-state index in [1.54, 1.807) is 5.32 Å². The predicted molar refractivity (Wildman–Crippen MR) is 30.7 cm³/mol. The highest BCUT2D eigenvalue weighted by molar-refractivity contribution is 5.94. The smallest absolute Gasteiger partial charge is 0.327 e. The van der Waals surface area contributed by atoms with E-state index in [1.807, 2.05) is 0 Å². The molecule has 11 heavy (non-hydrogen) atoms. The van der Waals surface area contributed by atoms with Gasteiger partial charge < -0.3 is 11.1 Å². The zero-order valence-corrected chi connectivity index (χ0v) is 5.43. The molecule has 1 rings (SSSR count). The first-order chi connectivity index (χ1) is 4.93. The number of carbonyl (C=O) groups is 2. The quantitative estimate of drug-likeness (QED) is 0.521. The minimum atomic E-state index is -3.44. The van der Waals surface area contributed by atoms with Crippen molar-refractivity contribution in [2.75, 3.05) is 0 Å². The second kappa shape index (κ2) is 2.14. The number of alkyl halides is 2. The fourth-order valence-corrected chi connectivity index (χ4v) is 0.836. The molecule has 62 valence electrons. The van der Waals surface area contributed by atoms with Crippen LogP contribution < -0.4 is 11.1 Å². The standard InChI is InChI=1S/C5H6F2N2O2/c6-5(7)1-2(3(8)10)9-4(5)11/h2H,1H2,(H2,8,10)(H,9,11). The highest BCUT2D eigenvalue weighted by atomic mass is 19.3. The molecular formula is C5H6F2N2O2. The molecule has 0 aliphatic carbocycles. The molecule has 2 amide bonds. The third-order valence-corrected chi connectivity index (χ3v) is 1.44. The van der Waals surface area contributed by atoms with Crippen LogP contribution in [0.25, 0.3) is 0 Å². The van der Waals surface area contributed by atoms with E-state index in [0.717, 1.165) is 0 Å². The van der Waals surface area contributed by atoms with E-state index in [4.69, 9.17) is 5.73 Å². The van der Waals surface area contributed by atoms with Gasteiger partial charge in [0.25, 0.3) is 5.91 Å². The highest BCUT2D eigenvalue weighted by Gasteiger charge is 2.49. The van der Waals surface area contributed by atoms with E-state index in [0.29, 0.717) is 0 Å². The van der Waals surface area contributed by atoms with Crippen molar-refractivity contribution in [1.29, 1.82) is 0 Å². The van der Waals surface area contributed by atoms with Crippen LogP contribution in [0, 0.1) is 0 Å². The van der Waals surface area contributed by atoms with Crippen LogP contribution in [0.5, 0.6) is 0 Å². The number of hydrogen-bond acceptors (Lipinski definition) is 2. The lowest BCUT2D eigenvalue weighted by Gasteiger charge is -2.02. The predicted octanol–water partition coefficient (Wildman–Crippen LogP) is -1.00. The summed E-state index contributed by atoms with van der Waals surface area (Å²) in [5, 5.41) is 1.78. The lowest BCUT2D eigenvalue weighted by molar-refractivity contribution is -0.139. The molecule has 0 spiro atoms. The fraction of sp³-hybridized carbons (Fsp3) is 0.600. The van der Waals surface area contributed by atoms with Crippen LogP contribution in [0.3, 0.4) is 0 Å². The maximum Gasteiger partial charge on any atom is 0.327 e. The summed E-state index contributed by atoms with van der Waals surface area (Å²) in [6, 6.07) is -1.22. The first kappa shape index (κ1) is 7.90. The normalized spacial score (nSPS) is 28.2. The maximum absolute atomic E-state index is 12.3. The van der Waals surface area contributed by atoms with Gasteiger partial charge in [0.1, 0.15) is 6.04 Å². The molecule has 0 aromatic carbocycles. The van der Waals surface area contributed by atoms with Gasteiger partial charge in [-0.15, -0.1) is 0 Å². The second-order valence-corrected chi connectivity index (χ2v) is 2.34. The van der Waals surface area contributed by atoms with Crippen molar-refractivity contribution in [3.63, 3.8) is 0 Å². The lowest BCUT2D eigenvalue weighted by atomic mass is 10.2. The van der Waals surface area contributed by atoms with Gasteiger partial charge in [-0.1, -0.05) is 0 Å². The average Bonchev–Trinajstić information content (AvgIpc) is 2.08. The number of primary amides is 1. The minimum absolute atomic E-state index is 0.832. The molecule has 0 bridgehead atoms. The molecule has 0 saturated carbocycles. The van der Waals surface area contributed by atoms with Crippen molar-refractivity contribution >= 4 is 11.8 Å². The van der Waals surface area contributed by atoms with Crippen LogP contribution >= 0.6 is 0 Å². The molecule has 1 aliphatic rings. The van der Waals surface area contributed by atoms with Crippen molar-refractivity contribution in [2.24, 2.45) is 5.73 Å². The van der Waals surface area contributed by atoms with Crippen LogP contribution in [-0.4, -0.2) is 23.8 Å². The number of nitrogens with one attached hydrogen (secondary N) is 1. The van der Waals surface area contributed by atoms with Crippen LogP contribution in [-0.2, 0) is 9.59 Å². The summed E-state index contributed by atoms with van der Waals surface area (Å²) in [6.07, 6.45) is -0.832. The highest BCUT2D eigenvalue weighted by Crippen LogP contribution is 2.25. The Labute approximate surface area is 60.7 Å². The first-order valence-corrected chi connectivity index (χ1v) is 2.91. The van der Waals surface area contributed by atoms with E-state index >= 15 is 0 Å². The average molecular weight is 164 g/mol. The molecule has 0 radical (unpaired) electrons. The van der Waals surface area contributed by atoms with Gasteiger partial charge in [0.05, 0.1) is 6.42 Å². The molecule has 1 aliphatic heterocycles. The topological polar surface area (TPSA) is 72.2 Å². The molecule has 1 heterocycles. The maximum atomic E-state index is 12.3. The summed E-state index contributed by atoms with van der Waals surface area (Å²) >= 11 is 0. The summed E-state index contributed by atoms with van der Waals surface area (Å²) in [7, 11) is 0. The Hall–Kier alpha value is -1.20. The molecule has 6 heteroatoms. The number of nitrogens with two attached hydrogens (primary N) is 1. The van der Waals surface area contributed by atoms with Gasteiger partial charge in [0.2, 0.25) is 5.91 Å². The first-order valence-electron chi connectivity index (χ1n) is 2.91. The van der Waals surface area contributed by atoms with Gasteiger partial charge in [-0.3, -0.25) is 9.59 Å². The van der Waals surface area contributed by atoms with Gasteiger partial charge in [0.15, 0.2) is 0 Å². The van der Waals surface area contributed by atoms with E-state index in [9.17, 15) is 18.4 Å². The van der Waals surface area contributed by atoms with E-state index < -0.39 is 30.2 Å².